The molecule has 0 radical (unpaired) electrons. The Morgan fingerprint density at radius 3 is 2.52 bits per heavy atom. The smallest absolute Gasteiger partial charge is 0.306 e. The number of hydrogen-bond donors (Lipinski definition) is 2. The van der Waals surface area contributed by atoms with Gasteiger partial charge in [0, 0.05) is 10.9 Å². The van der Waals surface area contributed by atoms with E-state index in [2.05, 4.69) is 12.2 Å². The lowest BCUT2D eigenvalue weighted by Gasteiger charge is -2.14. The minimum absolute atomic E-state index is 0.0263. The summed E-state index contributed by atoms with van der Waals surface area (Å²) in [5.74, 6) is -1.10. The minimum Gasteiger partial charge on any atom is -0.481 e. The maximum Gasteiger partial charge on any atom is 0.306 e. The first-order valence-corrected chi connectivity index (χ1v) is 8.29. The highest BCUT2D eigenvalue weighted by Gasteiger charge is 2.15. The Bertz CT molecular complexity index is 496. The van der Waals surface area contributed by atoms with Crippen molar-refractivity contribution in [2.75, 3.05) is 0 Å². The van der Waals surface area contributed by atoms with Gasteiger partial charge in [0.1, 0.15) is 0 Å². The van der Waals surface area contributed by atoms with Gasteiger partial charge < -0.3 is 10.4 Å². The second-order valence-electron chi connectivity index (χ2n) is 5.62. The van der Waals surface area contributed by atoms with E-state index in [1.54, 1.807) is 18.3 Å². The van der Waals surface area contributed by atoms with Gasteiger partial charge in [0.25, 0.3) is 5.91 Å². The number of rotatable bonds is 8. The molecule has 0 saturated carbocycles. The molecule has 118 valence electrons. The number of carbonyl (C=O) groups excluding carboxylic acids is 1. The fourth-order valence-electron chi connectivity index (χ4n) is 2.20. The third-order valence-electron chi connectivity index (χ3n) is 3.64. The maximum absolute atomic E-state index is 12.1. The van der Waals surface area contributed by atoms with Crippen molar-refractivity contribution in [3.63, 3.8) is 0 Å². The first-order valence-electron chi connectivity index (χ1n) is 7.48. The van der Waals surface area contributed by atoms with Crippen LogP contribution in [0, 0.1) is 12.8 Å². The van der Waals surface area contributed by atoms with Crippen LogP contribution in [-0.2, 0) is 11.2 Å². The van der Waals surface area contributed by atoms with E-state index in [4.69, 9.17) is 5.11 Å². The van der Waals surface area contributed by atoms with Gasteiger partial charge in [0.15, 0.2) is 0 Å². The number of carbonyl (C=O) groups is 2. The van der Waals surface area contributed by atoms with Crippen LogP contribution in [0.1, 0.15) is 60.1 Å². The monoisotopic (exact) mass is 311 g/mol. The second-order valence-corrected chi connectivity index (χ2v) is 6.75. The van der Waals surface area contributed by atoms with Crippen LogP contribution in [0.15, 0.2) is 6.07 Å². The van der Waals surface area contributed by atoms with Crippen molar-refractivity contribution in [1.82, 2.24) is 5.32 Å². The van der Waals surface area contributed by atoms with Crippen molar-refractivity contribution >= 4 is 23.2 Å². The number of nitrogens with one attached hydrogen (secondary N) is 1. The lowest BCUT2D eigenvalue weighted by Crippen LogP contribution is -2.32. The average molecular weight is 311 g/mol. The van der Waals surface area contributed by atoms with E-state index in [1.807, 2.05) is 19.9 Å². The van der Waals surface area contributed by atoms with E-state index in [-0.39, 0.29) is 17.9 Å². The molecule has 0 aliphatic heterocycles. The van der Waals surface area contributed by atoms with Crippen molar-refractivity contribution < 1.29 is 14.7 Å². The predicted molar refractivity (Wildman–Crippen MR) is 86.0 cm³/mol. The highest BCUT2D eigenvalue weighted by molar-refractivity contribution is 7.14. The van der Waals surface area contributed by atoms with E-state index in [1.165, 1.54) is 10.4 Å². The molecule has 5 heteroatoms. The Hall–Kier alpha value is -1.36. The zero-order valence-corrected chi connectivity index (χ0v) is 14.0. The van der Waals surface area contributed by atoms with Crippen LogP contribution in [0.5, 0.6) is 0 Å². The van der Waals surface area contributed by atoms with Crippen molar-refractivity contribution in [2.45, 2.75) is 59.4 Å². The third-order valence-corrected chi connectivity index (χ3v) is 5.02. The summed E-state index contributed by atoms with van der Waals surface area (Å²) >= 11 is 1.55. The molecule has 0 spiro atoms. The van der Waals surface area contributed by atoms with Crippen LogP contribution in [0.3, 0.4) is 0 Å². The van der Waals surface area contributed by atoms with Crippen LogP contribution in [0.25, 0.3) is 0 Å². The van der Waals surface area contributed by atoms with Crippen LogP contribution in [0.2, 0.25) is 0 Å². The van der Waals surface area contributed by atoms with Crippen LogP contribution >= 0.6 is 11.3 Å². The second kappa shape index (κ2) is 8.17. The normalized spacial score (nSPS) is 13.7. The summed E-state index contributed by atoms with van der Waals surface area (Å²) in [6, 6.07) is 2.00. The molecule has 0 bridgehead atoms. The molecule has 0 saturated heterocycles. The van der Waals surface area contributed by atoms with E-state index in [9.17, 15) is 9.59 Å². The molecule has 0 aromatic carbocycles. The molecular formula is C16H25NO3S. The van der Waals surface area contributed by atoms with E-state index in [0.717, 1.165) is 24.1 Å². The number of aryl methyl sites for hydroxylation is 2. The zero-order chi connectivity index (χ0) is 16.0. The largest absolute Gasteiger partial charge is 0.481 e. The maximum atomic E-state index is 12.1. The average Bonchev–Trinajstić information content (AvgIpc) is 2.79. The van der Waals surface area contributed by atoms with Crippen molar-refractivity contribution in [3.05, 3.63) is 21.4 Å². The van der Waals surface area contributed by atoms with Gasteiger partial charge in [-0.3, -0.25) is 9.59 Å². The summed E-state index contributed by atoms with van der Waals surface area (Å²) < 4.78 is 0. The van der Waals surface area contributed by atoms with Crippen molar-refractivity contribution in [2.24, 2.45) is 5.92 Å². The van der Waals surface area contributed by atoms with Gasteiger partial charge in [-0.05, 0) is 44.7 Å². The molecule has 2 atom stereocenters. The molecule has 1 aromatic heterocycles. The van der Waals surface area contributed by atoms with E-state index < -0.39 is 5.97 Å². The lowest BCUT2D eigenvalue weighted by atomic mass is 10.0. The Kier molecular flexibility index (Phi) is 6.89. The highest BCUT2D eigenvalue weighted by Crippen LogP contribution is 2.22. The van der Waals surface area contributed by atoms with Crippen LogP contribution in [0.4, 0.5) is 0 Å². The highest BCUT2D eigenvalue weighted by atomic mass is 32.1. The van der Waals surface area contributed by atoms with Gasteiger partial charge in [-0.1, -0.05) is 20.3 Å². The van der Waals surface area contributed by atoms with Gasteiger partial charge in [-0.2, -0.15) is 0 Å². The summed E-state index contributed by atoms with van der Waals surface area (Å²) in [4.78, 5) is 24.9. The summed E-state index contributed by atoms with van der Waals surface area (Å²) in [7, 11) is 0. The summed E-state index contributed by atoms with van der Waals surface area (Å²) in [6.45, 7) is 7.80. The van der Waals surface area contributed by atoms with Crippen molar-refractivity contribution in [3.8, 4) is 0 Å². The molecule has 0 aliphatic rings. The van der Waals surface area contributed by atoms with Gasteiger partial charge in [-0.15, -0.1) is 11.3 Å². The molecule has 1 rings (SSSR count). The summed E-state index contributed by atoms with van der Waals surface area (Å²) in [5.41, 5.74) is 1.18. The summed E-state index contributed by atoms with van der Waals surface area (Å²) in [5, 5.41) is 11.8. The molecule has 1 heterocycles. The standard InChI is InChI=1S/C16H25NO3S/c1-5-13-11(3)9-14(21-13)15(18)17-12(4)8-6-7-10(2)16(19)20/h9-10,12H,5-8H2,1-4H3,(H,17,18)(H,19,20). The molecule has 21 heavy (non-hydrogen) atoms. The predicted octanol–water partition coefficient (Wildman–Crippen LogP) is 3.63. The van der Waals surface area contributed by atoms with Gasteiger partial charge >= 0.3 is 5.97 Å². The third kappa shape index (κ3) is 5.50. The molecule has 1 amide bonds. The Morgan fingerprint density at radius 1 is 1.33 bits per heavy atom. The van der Waals surface area contributed by atoms with Gasteiger partial charge in [0.2, 0.25) is 0 Å². The Morgan fingerprint density at radius 2 is 2.00 bits per heavy atom. The van der Waals surface area contributed by atoms with Gasteiger partial charge in [0.05, 0.1) is 10.8 Å². The number of aliphatic carboxylic acids is 1. The fourth-order valence-corrected chi connectivity index (χ4v) is 3.22. The topological polar surface area (TPSA) is 66.4 Å². The number of hydrogen-bond acceptors (Lipinski definition) is 3. The first-order chi connectivity index (χ1) is 9.85. The van der Waals surface area contributed by atoms with Crippen LogP contribution in [-0.4, -0.2) is 23.0 Å². The Labute approximate surface area is 130 Å². The number of carboxylic acids is 1. The van der Waals surface area contributed by atoms with E-state index >= 15 is 0 Å². The molecular weight excluding hydrogens is 286 g/mol. The lowest BCUT2D eigenvalue weighted by molar-refractivity contribution is -0.141. The zero-order valence-electron chi connectivity index (χ0n) is 13.2. The molecule has 2 N–H and O–H groups in total. The molecule has 2 unspecified atom stereocenters. The SMILES string of the molecule is CCc1sc(C(=O)NC(C)CCCC(C)C(=O)O)cc1C. The molecule has 0 fully saturated rings. The Balaban J connectivity index is 2.41. The fraction of sp³-hybridized carbons (Fsp3) is 0.625. The van der Waals surface area contributed by atoms with Gasteiger partial charge in [-0.25, -0.2) is 0 Å². The number of amides is 1. The van der Waals surface area contributed by atoms with Crippen molar-refractivity contribution in [1.29, 1.82) is 0 Å². The van der Waals surface area contributed by atoms with Crippen LogP contribution < -0.4 is 5.32 Å². The molecule has 4 nitrogen and oxygen atoms in total. The van der Waals surface area contributed by atoms with E-state index in [0.29, 0.717) is 6.42 Å². The first kappa shape index (κ1) is 17.7. The minimum atomic E-state index is -0.757. The summed E-state index contributed by atoms with van der Waals surface area (Å²) in [6.07, 6.45) is 3.20. The quantitative estimate of drug-likeness (QED) is 0.770. The molecule has 1 aromatic rings. The molecule has 0 aliphatic carbocycles. The number of carboxylic acid groups (broad SMARTS) is 1. The number of thiophene rings is 1.